The molecule has 0 spiro atoms. The normalized spacial score (nSPS) is 12.2. The van der Waals surface area contributed by atoms with Crippen molar-refractivity contribution >= 4 is 45.7 Å². The summed E-state index contributed by atoms with van der Waals surface area (Å²) in [6.45, 7) is 0. The molecule has 5 rings (SSSR count). The van der Waals surface area contributed by atoms with Gasteiger partial charge in [0.2, 0.25) is 5.91 Å². The first-order valence-corrected chi connectivity index (χ1v) is 13.7. The molecule has 0 saturated heterocycles. The molecule has 0 fully saturated rings. The maximum atomic E-state index is 14.5. The molecule has 4 nitrogen and oxygen atoms in total. The first kappa shape index (κ1) is 30.6. The van der Waals surface area contributed by atoms with Gasteiger partial charge in [-0.05, 0) is 52.7 Å². The van der Waals surface area contributed by atoms with Crippen molar-refractivity contribution in [1.82, 2.24) is 0 Å². The summed E-state index contributed by atoms with van der Waals surface area (Å²) in [5, 5.41) is 5.08. The Bertz CT molecular complexity index is 1830. The number of carbonyl (C=O) groups excluding carboxylic acids is 2. The largest absolute Gasteiger partial charge is 0.422 e. The summed E-state index contributed by atoms with van der Waals surface area (Å²) in [4.78, 5) is 26.4. The van der Waals surface area contributed by atoms with Crippen LogP contribution >= 0.6 is 11.8 Å². The van der Waals surface area contributed by atoms with Gasteiger partial charge in [0.05, 0.1) is 0 Å². The van der Waals surface area contributed by atoms with Crippen molar-refractivity contribution in [3.05, 3.63) is 137 Å². The van der Waals surface area contributed by atoms with Gasteiger partial charge in [-0.2, -0.15) is 13.2 Å². The summed E-state index contributed by atoms with van der Waals surface area (Å²) in [5.41, 5.74) is -3.26. The highest BCUT2D eigenvalue weighted by Gasteiger charge is 2.42. The number of anilines is 2. The lowest BCUT2D eigenvalue weighted by atomic mass is 10.1. The zero-order chi connectivity index (χ0) is 31.6. The lowest BCUT2D eigenvalue weighted by molar-refractivity contribution is -0.143. The number of fused-ring (bicyclic) bond motifs is 1. The molecule has 0 saturated carbocycles. The van der Waals surface area contributed by atoms with Gasteiger partial charge >= 0.3 is 6.18 Å². The molecule has 5 aromatic rings. The molecule has 0 bridgehead atoms. The van der Waals surface area contributed by atoms with Gasteiger partial charge in [-0.25, -0.2) is 17.6 Å². The fraction of sp³-hybridized carbons (Fsp3) is 0.0625. The molecule has 1 atom stereocenters. The Morgan fingerprint density at radius 2 is 1.25 bits per heavy atom. The van der Waals surface area contributed by atoms with Crippen molar-refractivity contribution in [2.24, 2.45) is 0 Å². The molecule has 1 unspecified atom stereocenters. The maximum Gasteiger partial charge on any atom is 0.422 e. The summed E-state index contributed by atoms with van der Waals surface area (Å²) in [6.07, 6.45) is -5.72. The fourth-order valence-corrected chi connectivity index (χ4v) is 5.39. The van der Waals surface area contributed by atoms with Gasteiger partial charge < -0.3 is 10.6 Å². The highest BCUT2D eigenvalue weighted by atomic mass is 32.2. The zero-order valence-corrected chi connectivity index (χ0v) is 23.0. The van der Waals surface area contributed by atoms with E-state index in [-0.39, 0.29) is 5.91 Å². The van der Waals surface area contributed by atoms with E-state index >= 15 is 0 Å². The first-order valence-electron chi connectivity index (χ1n) is 12.8. The van der Waals surface area contributed by atoms with E-state index in [1.54, 1.807) is 59.9 Å². The van der Waals surface area contributed by atoms with Crippen molar-refractivity contribution in [3.63, 3.8) is 0 Å². The van der Waals surface area contributed by atoms with Gasteiger partial charge in [0, 0.05) is 16.1 Å². The predicted molar refractivity (Wildman–Crippen MR) is 153 cm³/mol. The molecule has 0 heterocycles. The second kappa shape index (κ2) is 12.4. The second-order valence-electron chi connectivity index (χ2n) is 9.44. The average molecular weight is 629 g/mol. The van der Waals surface area contributed by atoms with Crippen LogP contribution in [0.15, 0.2) is 102 Å². The molecule has 0 aliphatic heterocycles. The van der Waals surface area contributed by atoms with E-state index in [1.165, 1.54) is 12.1 Å². The Morgan fingerprint density at radius 3 is 1.86 bits per heavy atom. The Hall–Kier alpha value is -4.84. The van der Waals surface area contributed by atoms with Gasteiger partial charge in [0.25, 0.3) is 5.91 Å². The lowest BCUT2D eigenvalue weighted by Gasteiger charge is -2.19. The van der Waals surface area contributed by atoms with Gasteiger partial charge in [-0.1, -0.05) is 60.7 Å². The van der Waals surface area contributed by atoms with Crippen LogP contribution in [0.5, 0.6) is 0 Å². The van der Waals surface area contributed by atoms with Crippen LogP contribution in [0.25, 0.3) is 10.8 Å². The van der Waals surface area contributed by atoms with Crippen molar-refractivity contribution in [1.29, 1.82) is 0 Å². The first-order chi connectivity index (χ1) is 20.9. The van der Waals surface area contributed by atoms with Crippen LogP contribution < -0.4 is 10.6 Å². The van der Waals surface area contributed by atoms with E-state index in [1.807, 2.05) is 30.3 Å². The number of hydrogen-bond donors (Lipinski definition) is 2. The number of carbonyl (C=O) groups is 2. The minimum absolute atomic E-state index is 0.317. The van der Waals surface area contributed by atoms with Gasteiger partial charge in [0.1, 0.15) is 16.5 Å². The molecule has 0 radical (unpaired) electrons. The molecule has 0 aromatic heterocycles. The molecule has 0 aliphatic carbocycles. The highest BCUT2D eigenvalue weighted by Crippen LogP contribution is 2.40. The van der Waals surface area contributed by atoms with Crippen molar-refractivity contribution in [2.75, 3.05) is 10.6 Å². The molecule has 0 aliphatic rings. The van der Waals surface area contributed by atoms with Gasteiger partial charge in [0.15, 0.2) is 23.3 Å². The van der Waals surface area contributed by atoms with Crippen LogP contribution in [-0.4, -0.2) is 11.8 Å². The molecule has 12 heteroatoms. The highest BCUT2D eigenvalue weighted by molar-refractivity contribution is 8.00. The van der Waals surface area contributed by atoms with E-state index in [2.05, 4.69) is 5.32 Å². The van der Waals surface area contributed by atoms with E-state index < -0.39 is 51.9 Å². The summed E-state index contributed by atoms with van der Waals surface area (Å²) in [7, 11) is 0. The number of rotatable bonds is 7. The summed E-state index contributed by atoms with van der Waals surface area (Å²) >= 11 is 0.885. The average Bonchev–Trinajstić information content (AvgIpc) is 3.01. The van der Waals surface area contributed by atoms with Crippen LogP contribution in [-0.2, 0) is 11.0 Å². The van der Waals surface area contributed by atoms with Gasteiger partial charge in [-0.15, -0.1) is 11.8 Å². The molecule has 2 amide bonds. The number of nitrogens with one attached hydrogen (secondary N) is 2. The van der Waals surface area contributed by atoms with Crippen molar-refractivity contribution < 1.29 is 40.3 Å². The van der Waals surface area contributed by atoms with Crippen LogP contribution in [0, 0.1) is 23.3 Å². The van der Waals surface area contributed by atoms with Crippen molar-refractivity contribution in [2.45, 2.75) is 16.3 Å². The quantitative estimate of drug-likeness (QED) is 0.107. The van der Waals surface area contributed by atoms with E-state index in [4.69, 9.17) is 0 Å². The standard InChI is InChI=1S/C32H19F7N2O2S/c33-24-23(32(37,38)39)25(34)27(36)28(26(24)35)41-31(43)29(18-7-2-1-3-8-18)44-22-14-12-21(13-15-22)40-30(42)20-11-10-17-6-4-5-9-19(17)16-20/h1-16,29H,(H,40,42)(H,41,43). The van der Waals surface area contributed by atoms with E-state index in [0.29, 0.717) is 21.7 Å². The smallest absolute Gasteiger partial charge is 0.322 e. The summed E-state index contributed by atoms with van der Waals surface area (Å²) < 4.78 is 96.2. The molecule has 224 valence electrons. The monoisotopic (exact) mass is 628 g/mol. The third kappa shape index (κ3) is 6.40. The van der Waals surface area contributed by atoms with E-state index in [9.17, 15) is 40.3 Å². The maximum absolute atomic E-state index is 14.5. The van der Waals surface area contributed by atoms with Crippen LogP contribution in [0.2, 0.25) is 0 Å². The Kier molecular flexibility index (Phi) is 8.63. The minimum atomic E-state index is -5.72. The Morgan fingerprint density at radius 1 is 0.659 bits per heavy atom. The second-order valence-corrected chi connectivity index (χ2v) is 10.6. The number of thioether (sulfide) groups is 1. The molecule has 2 N–H and O–H groups in total. The minimum Gasteiger partial charge on any atom is -0.322 e. The Balaban J connectivity index is 1.36. The summed E-state index contributed by atoms with van der Waals surface area (Å²) in [5.74, 6) is -11.7. The molecular formula is C32H19F7N2O2S. The van der Waals surface area contributed by atoms with Crippen LogP contribution in [0.4, 0.5) is 42.1 Å². The topological polar surface area (TPSA) is 58.2 Å². The number of hydrogen-bond acceptors (Lipinski definition) is 3. The third-order valence-electron chi connectivity index (χ3n) is 6.51. The third-order valence-corrected chi connectivity index (χ3v) is 7.78. The Labute approximate surface area is 249 Å². The predicted octanol–water partition coefficient (Wildman–Crippen LogP) is 9.14. The molecule has 44 heavy (non-hydrogen) atoms. The number of halogens is 7. The molecular weight excluding hydrogens is 609 g/mol. The van der Waals surface area contributed by atoms with Crippen LogP contribution in [0.1, 0.15) is 26.7 Å². The molecule has 5 aromatic carbocycles. The summed E-state index contributed by atoms with van der Waals surface area (Å²) in [6, 6.07) is 26.8. The SMILES string of the molecule is O=C(Nc1ccc(SC(C(=O)Nc2c(F)c(F)c(C(F)(F)F)c(F)c2F)c2ccccc2)cc1)c1ccc2ccccc2c1. The number of benzene rings is 5. The van der Waals surface area contributed by atoms with E-state index in [0.717, 1.165) is 22.5 Å². The lowest BCUT2D eigenvalue weighted by Crippen LogP contribution is -2.23. The van der Waals surface area contributed by atoms with Crippen molar-refractivity contribution in [3.8, 4) is 0 Å². The van der Waals surface area contributed by atoms with Crippen LogP contribution in [0.3, 0.4) is 0 Å². The fourth-order valence-electron chi connectivity index (χ4n) is 4.37. The van der Waals surface area contributed by atoms with Gasteiger partial charge in [-0.3, -0.25) is 9.59 Å². The number of alkyl halides is 3. The number of amides is 2. The zero-order valence-electron chi connectivity index (χ0n) is 22.2.